The molecule has 0 aliphatic carbocycles. The van der Waals surface area contributed by atoms with Crippen molar-refractivity contribution in [3.05, 3.63) is 29.3 Å². The number of nitrogens with one attached hydrogen (secondary N) is 2. The second kappa shape index (κ2) is 6.03. The number of piperazine rings is 1. The molecule has 0 radical (unpaired) electrons. The molecule has 2 aliphatic heterocycles. The van der Waals surface area contributed by atoms with Crippen LogP contribution in [0, 0.1) is 0 Å². The molecular formula is C15H19N3O3. The molecule has 0 spiro atoms. The molecule has 0 bridgehead atoms. The van der Waals surface area contributed by atoms with E-state index in [1.165, 1.54) is 10.5 Å². The van der Waals surface area contributed by atoms with Crippen LogP contribution in [0.15, 0.2) is 18.2 Å². The van der Waals surface area contributed by atoms with Crippen LogP contribution in [0.3, 0.4) is 0 Å². The first-order valence-electron chi connectivity index (χ1n) is 7.26. The monoisotopic (exact) mass is 289 g/mol. The molecule has 1 aromatic rings. The predicted octanol–water partition coefficient (Wildman–Crippen LogP) is 0.653. The van der Waals surface area contributed by atoms with Gasteiger partial charge in [-0.25, -0.2) is 4.79 Å². The number of urea groups is 1. The molecule has 1 fully saturated rings. The minimum absolute atomic E-state index is 0.109. The standard InChI is InChI=1S/C15H19N3O3/c19-14-10-18(6-5-16-14)15(20)17-9-11-3-4-13-12(8-11)2-1-7-21-13/h3-4,8H,1-2,5-7,9-10H2,(H,16,19)(H,17,20). The summed E-state index contributed by atoms with van der Waals surface area (Å²) in [4.78, 5) is 24.8. The second-order valence-corrected chi connectivity index (χ2v) is 5.32. The average molecular weight is 289 g/mol. The van der Waals surface area contributed by atoms with Crippen molar-refractivity contribution in [1.29, 1.82) is 0 Å². The van der Waals surface area contributed by atoms with Gasteiger partial charge in [0.25, 0.3) is 0 Å². The molecule has 0 unspecified atom stereocenters. The number of hydrogen-bond acceptors (Lipinski definition) is 3. The molecule has 3 rings (SSSR count). The number of fused-ring (bicyclic) bond motifs is 1. The van der Waals surface area contributed by atoms with Crippen LogP contribution >= 0.6 is 0 Å². The highest BCUT2D eigenvalue weighted by atomic mass is 16.5. The maximum atomic E-state index is 12.0. The van der Waals surface area contributed by atoms with Gasteiger partial charge in [0.2, 0.25) is 5.91 Å². The third-order valence-electron chi connectivity index (χ3n) is 3.74. The number of amides is 3. The van der Waals surface area contributed by atoms with Crippen LogP contribution < -0.4 is 15.4 Å². The van der Waals surface area contributed by atoms with E-state index in [4.69, 9.17) is 4.74 Å². The van der Waals surface area contributed by atoms with Crippen molar-refractivity contribution in [1.82, 2.24) is 15.5 Å². The SMILES string of the molecule is O=C1CN(C(=O)NCc2ccc3c(c2)CCCO3)CCN1. The first-order valence-corrected chi connectivity index (χ1v) is 7.26. The van der Waals surface area contributed by atoms with E-state index in [0.717, 1.165) is 30.8 Å². The Balaban J connectivity index is 1.57. The lowest BCUT2D eigenvalue weighted by molar-refractivity contribution is -0.123. The topological polar surface area (TPSA) is 70.7 Å². The summed E-state index contributed by atoms with van der Waals surface area (Å²) in [6.45, 7) is 2.44. The van der Waals surface area contributed by atoms with Gasteiger partial charge in [0.05, 0.1) is 6.61 Å². The zero-order valence-electron chi connectivity index (χ0n) is 11.9. The van der Waals surface area contributed by atoms with Gasteiger partial charge >= 0.3 is 6.03 Å². The van der Waals surface area contributed by atoms with E-state index in [9.17, 15) is 9.59 Å². The summed E-state index contributed by atoms with van der Waals surface area (Å²) in [5.41, 5.74) is 2.25. The smallest absolute Gasteiger partial charge is 0.318 e. The number of rotatable bonds is 2. The van der Waals surface area contributed by atoms with Gasteiger partial charge in [0.1, 0.15) is 12.3 Å². The van der Waals surface area contributed by atoms with E-state index >= 15 is 0 Å². The zero-order chi connectivity index (χ0) is 14.7. The molecule has 6 nitrogen and oxygen atoms in total. The van der Waals surface area contributed by atoms with Gasteiger partial charge in [-0.2, -0.15) is 0 Å². The second-order valence-electron chi connectivity index (χ2n) is 5.32. The van der Waals surface area contributed by atoms with E-state index in [2.05, 4.69) is 16.7 Å². The molecule has 0 saturated carbocycles. The molecule has 6 heteroatoms. The van der Waals surface area contributed by atoms with Gasteiger partial charge in [-0.05, 0) is 30.0 Å². The third-order valence-corrected chi connectivity index (χ3v) is 3.74. The van der Waals surface area contributed by atoms with Crippen molar-refractivity contribution in [2.24, 2.45) is 0 Å². The Morgan fingerprint density at radius 1 is 1.43 bits per heavy atom. The molecular weight excluding hydrogens is 270 g/mol. The van der Waals surface area contributed by atoms with Crippen LogP contribution in [0.2, 0.25) is 0 Å². The van der Waals surface area contributed by atoms with Crippen LogP contribution in [0.5, 0.6) is 5.75 Å². The molecule has 0 aromatic heterocycles. The molecule has 2 heterocycles. The maximum Gasteiger partial charge on any atom is 0.318 e. The van der Waals surface area contributed by atoms with Gasteiger partial charge in [0.15, 0.2) is 0 Å². The summed E-state index contributed by atoms with van der Waals surface area (Å²) in [7, 11) is 0. The Hall–Kier alpha value is -2.24. The molecule has 1 aromatic carbocycles. The number of carbonyl (C=O) groups is 2. The Kier molecular flexibility index (Phi) is 3.94. The van der Waals surface area contributed by atoms with Gasteiger partial charge in [-0.15, -0.1) is 0 Å². The van der Waals surface area contributed by atoms with Crippen LogP contribution in [-0.4, -0.2) is 43.1 Å². The minimum Gasteiger partial charge on any atom is -0.493 e. The fraction of sp³-hybridized carbons (Fsp3) is 0.467. The molecule has 2 N–H and O–H groups in total. The Bertz CT molecular complexity index is 559. The van der Waals surface area contributed by atoms with E-state index in [1.807, 2.05) is 12.1 Å². The van der Waals surface area contributed by atoms with Crippen LogP contribution in [0.25, 0.3) is 0 Å². The highest BCUT2D eigenvalue weighted by Gasteiger charge is 2.20. The Labute approximate surface area is 123 Å². The lowest BCUT2D eigenvalue weighted by atomic mass is 10.0. The van der Waals surface area contributed by atoms with Crippen LogP contribution in [0.4, 0.5) is 4.79 Å². The number of hydrogen-bond donors (Lipinski definition) is 2. The van der Waals surface area contributed by atoms with Crippen molar-refractivity contribution in [3.8, 4) is 5.75 Å². The fourth-order valence-corrected chi connectivity index (χ4v) is 2.63. The third kappa shape index (κ3) is 3.26. The van der Waals surface area contributed by atoms with Crippen LogP contribution in [-0.2, 0) is 17.8 Å². The minimum atomic E-state index is -0.196. The molecule has 112 valence electrons. The van der Waals surface area contributed by atoms with Gasteiger partial charge in [-0.1, -0.05) is 12.1 Å². The van der Waals surface area contributed by atoms with Crippen molar-refractivity contribution in [3.63, 3.8) is 0 Å². The van der Waals surface area contributed by atoms with E-state index in [0.29, 0.717) is 19.6 Å². The van der Waals surface area contributed by atoms with Crippen molar-refractivity contribution < 1.29 is 14.3 Å². The highest BCUT2D eigenvalue weighted by molar-refractivity contribution is 5.85. The number of carbonyl (C=O) groups excluding carboxylic acids is 2. The first kappa shape index (κ1) is 13.7. The van der Waals surface area contributed by atoms with Crippen molar-refractivity contribution >= 4 is 11.9 Å². The molecule has 0 atom stereocenters. The lowest BCUT2D eigenvalue weighted by Gasteiger charge is -2.26. The van der Waals surface area contributed by atoms with Crippen molar-refractivity contribution in [2.75, 3.05) is 26.2 Å². The number of benzene rings is 1. The zero-order valence-corrected chi connectivity index (χ0v) is 11.9. The molecule has 21 heavy (non-hydrogen) atoms. The summed E-state index contributed by atoms with van der Waals surface area (Å²) in [6.07, 6.45) is 2.05. The Morgan fingerprint density at radius 2 is 2.33 bits per heavy atom. The fourth-order valence-electron chi connectivity index (χ4n) is 2.63. The predicted molar refractivity (Wildman–Crippen MR) is 77.1 cm³/mol. The van der Waals surface area contributed by atoms with Gasteiger partial charge < -0.3 is 20.3 Å². The van der Waals surface area contributed by atoms with Gasteiger partial charge in [-0.3, -0.25) is 4.79 Å². The highest BCUT2D eigenvalue weighted by Crippen LogP contribution is 2.25. The average Bonchev–Trinajstić information content (AvgIpc) is 2.52. The largest absolute Gasteiger partial charge is 0.493 e. The van der Waals surface area contributed by atoms with E-state index in [1.54, 1.807) is 0 Å². The normalized spacial score (nSPS) is 17.5. The maximum absolute atomic E-state index is 12.0. The quantitative estimate of drug-likeness (QED) is 0.840. The van der Waals surface area contributed by atoms with E-state index in [-0.39, 0.29) is 18.5 Å². The Morgan fingerprint density at radius 3 is 3.19 bits per heavy atom. The van der Waals surface area contributed by atoms with Crippen LogP contribution in [0.1, 0.15) is 17.5 Å². The molecule has 1 saturated heterocycles. The summed E-state index contributed by atoms with van der Waals surface area (Å²) in [6, 6.07) is 5.81. The number of nitrogens with zero attached hydrogens (tertiary/aromatic N) is 1. The number of aryl methyl sites for hydroxylation is 1. The summed E-state index contributed by atoms with van der Waals surface area (Å²) >= 11 is 0. The number of ether oxygens (including phenoxy) is 1. The van der Waals surface area contributed by atoms with E-state index < -0.39 is 0 Å². The summed E-state index contributed by atoms with van der Waals surface area (Å²) < 4.78 is 5.57. The molecule has 2 aliphatic rings. The van der Waals surface area contributed by atoms with Crippen molar-refractivity contribution in [2.45, 2.75) is 19.4 Å². The van der Waals surface area contributed by atoms with Gasteiger partial charge in [0, 0.05) is 19.6 Å². The lowest BCUT2D eigenvalue weighted by Crippen LogP contribution is -2.52. The molecule has 3 amide bonds. The summed E-state index contributed by atoms with van der Waals surface area (Å²) in [5, 5.41) is 5.56. The first-order chi connectivity index (χ1) is 10.2. The summed E-state index contributed by atoms with van der Waals surface area (Å²) in [5.74, 6) is 0.839.